The van der Waals surface area contributed by atoms with E-state index in [1.807, 2.05) is 19.1 Å². The zero-order valence-electron chi connectivity index (χ0n) is 17.9. The van der Waals surface area contributed by atoms with Gasteiger partial charge in [-0.15, -0.1) is 11.3 Å². The standard InChI is InChI=1S/C22H31N3O3S/c1-6-7-12-25(22-23-15(4)16(5)29-22)13-17-8-10-18(11-9-17)20(26)24-19(14(2)3)21(27)28/h8-11,14,19H,6-7,12-13H2,1-5H3,(H,24,26)(H,27,28). The smallest absolute Gasteiger partial charge is 0.326 e. The molecule has 0 saturated carbocycles. The molecule has 0 spiro atoms. The van der Waals surface area contributed by atoms with Crippen molar-refractivity contribution in [3.05, 3.63) is 46.0 Å². The monoisotopic (exact) mass is 417 g/mol. The number of amides is 1. The number of nitrogens with one attached hydrogen (secondary N) is 1. The zero-order chi connectivity index (χ0) is 21.6. The highest BCUT2D eigenvalue weighted by atomic mass is 32.1. The Labute approximate surface area is 177 Å². The lowest BCUT2D eigenvalue weighted by Gasteiger charge is -2.22. The van der Waals surface area contributed by atoms with Crippen LogP contribution in [0.2, 0.25) is 0 Å². The first-order valence-corrected chi connectivity index (χ1v) is 10.9. The van der Waals surface area contributed by atoms with Crippen LogP contribution in [0.25, 0.3) is 0 Å². The fourth-order valence-corrected chi connectivity index (χ4v) is 3.84. The molecule has 1 unspecified atom stereocenters. The third kappa shape index (κ3) is 6.29. The maximum absolute atomic E-state index is 12.4. The summed E-state index contributed by atoms with van der Waals surface area (Å²) in [7, 11) is 0. The number of carbonyl (C=O) groups is 2. The minimum atomic E-state index is -1.02. The first kappa shape index (κ1) is 22.9. The number of hydrogen-bond donors (Lipinski definition) is 2. The number of anilines is 1. The van der Waals surface area contributed by atoms with E-state index in [1.165, 1.54) is 4.88 Å². The van der Waals surface area contributed by atoms with Crippen molar-refractivity contribution in [2.45, 2.75) is 60.0 Å². The third-order valence-corrected chi connectivity index (χ3v) is 6.01. The molecule has 2 N–H and O–H groups in total. The van der Waals surface area contributed by atoms with Crippen molar-refractivity contribution in [2.24, 2.45) is 5.92 Å². The van der Waals surface area contributed by atoms with Crippen molar-refractivity contribution in [3.8, 4) is 0 Å². The molecular weight excluding hydrogens is 386 g/mol. The lowest BCUT2D eigenvalue weighted by Crippen LogP contribution is -2.44. The van der Waals surface area contributed by atoms with E-state index in [4.69, 9.17) is 4.98 Å². The van der Waals surface area contributed by atoms with Crippen LogP contribution in [0, 0.1) is 19.8 Å². The minimum Gasteiger partial charge on any atom is -0.480 e. The van der Waals surface area contributed by atoms with E-state index in [9.17, 15) is 14.7 Å². The SMILES string of the molecule is CCCCN(Cc1ccc(C(=O)NC(C(=O)O)C(C)C)cc1)c1nc(C)c(C)s1. The van der Waals surface area contributed by atoms with Gasteiger partial charge in [-0.05, 0) is 43.9 Å². The van der Waals surface area contributed by atoms with E-state index in [0.717, 1.165) is 42.3 Å². The Kier molecular flexibility index (Phi) is 8.20. The van der Waals surface area contributed by atoms with E-state index in [-0.39, 0.29) is 11.8 Å². The van der Waals surface area contributed by atoms with Gasteiger partial charge in [0.2, 0.25) is 0 Å². The van der Waals surface area contributed by atoms with Gasteiger partial charge in [-0.3, -0.25) is 4.79 Å². The summed E-state index contributed by atoms with van der Waals surface area (Å²) in [6.45, 7) is 11.5. The van der Waals surface area contributed by atoms with Crippen molar-refractivity contribution < 1.29 is 14.7 Å². The Morgan fingerprint density at radius 2 is 1.86 bits per heavy atom. The van der Waals surface area contributed by atoms with Gasteiger partial charge in [0.05, 0.1) is 5.69 Å². The van der Waals surface area contributed by atoms with Crippen molar-refractivity contribution >= 4 is 28.3 Å². The number of unbranched alkanes of at least 4 members (excludes halogenated alkanes) is 1. The largest absolute Gasteiger partial charge is 0.480 e. The van der Waals surface area contributed by atoms with E-state index in [0.29, 0.717) is 5.56 Å². The van der Waals surface area contributed by atoms with Gasteiger partial charge in [-0.2, -0.15) is 0 Å². The number of hydrogen-bond acceptors (Lipinski definition) is 5. The van der Waals surface area contributed by atoms with Gasteiger partial charge in [-0.25, -0.2) is 9.78 Å². The fourth-order valence-electron chi connectivity index (χ4n) is 2.90. The molecule has 0 radical (unpaired) electrons. The molecule has 1 amide bonds. The minimum absolute atomic E-state index is 0.187. The molecule has 1 aromatic carbocycles. The number of thiazole rings is 1. The van der Waals surface area contributed by atoms with Gasteiger partial charge in [0.1, 0.15) is 6.04 Å². The number of aliphatic carboxylic acids is 1. The predicted molar refractivity (Wildman–Crippen MR) is 118 cm³/mol. The van der Waals surface area contributed by atoms with Crippen molar-refractivity contribution in [1.29, 1.82) is 0 Å². The highest BCUT2D eigenvalue weighted by Crippen LogP contribution is 2.27. The molecule has 6 nitrogen and oxygen atoms in total. The van der Waals surface area contributed by atoms with E-state index in [2.05, 4.69) is 24.1 Å². The van der Waals surface area contributed by atoms with Crippen LogP contribution >= 0.6 is 11.3 Å². The van der Waals surface area contributed by atoms with Crippen LogP contribution in [0.4, 0.5) is 5.13 Å². The number of carbonyl (C=O) groups excluding carboxylic acids is 1. The molecule has 1 heterocycles. The lowest BCUT2D eigenvalue weighted by molar-refractivity contribution is -0.140. The summed E-state index contributed by atoms with van der Waals surface area (Å²) < 4.78 is 0. The molecule has 0 aliphatic rings. The second-order valence-electron chi connectivity index (χ2n) is 7.64. The van der Waals surface area contributed by atoms with Gasteiger partial charge in [0, 0.05) is 23.5 Å². The first-order valence-electron chi connectivity index (χ1n) is 10.0. The number of nitrogens with zero attached hydrogens (tertiary/aromatic N) is 2. The number of carboxylic acids is 1. The van der Waals surface area contributed by atoms with Gasteiger partial charge in [0.15, 0.2) is 5.13 Å². The topological polar surface area (TPSA) is 82.5 Å². The number of aromatic nitrogens is 1. The summed E-state index contributed by atoms with van der Waals surface area (Å²) in [5.74, 6) is -1.58. The van der Waals surface area contributed by atoms with Crippen LogP contribution < -0.4 is 10.2 Å². The Balaban J connectivity index is 2.10. The molecule has 158 valence electrons. The quantitative estimate of drug-likeness (QED) is 0.598. The van der Waals surface area contributed by atoms with E-state index in [1.54, 1.807) is 37.3 Å². The second kappa shape index (κ2) is 10.4. The molecular formula is C22H31N3O3S. The summed E-state index contributed by atoms with van der Waals surface area (Å²) in [6.07, 6.45) is 2.20. The molecule has 0 fully saturated rings. The molecule has 1 aromatic heterocycles. The highest BCUT2D eigenvalue weighted by molar-refractivity contribution is 7.15. The van der Waals surface area contributed by atoms with Crippen LogP contribution in [-0.4, -0.2) is 34.6 Å². The summed E-state index contributed by atoms with van der Waals surface area (Å²) >= 11 is 1.71. The van der Waals surface area contributed by atoms with Crippen LogP contribution in [-0.2, 0) is 11.3 Å². The molecule has 0 aliphatic carbocycles. The van der Waals surface area contributed by atoms with Crippen LogP contribution in [0.1, 0.15) is 60.1 Å². The molecule has 29 heavy (non-hydrogen) atoms. The molecule has 7 heteroatoms. The Morgan fingerprint density at radius 1 is 1.21 bits per heavy atom. The number of carboxylic acid groups (broad SMARTS) is 1. The second-order valence-corrected chi connectivity index (χ2v) is 8.83. The van der Waals surface area contributed by atoms with E-state index >= 15 is 0 Å². The first-order chi connectivity index (χ1) is 13.7. The number of benzene rings is 1. The summed E-state index contributed by atoms with van der Waals surface area (Å²) in [5.41, 5.74) is 2.61. The Morgan fingerprint density at radius 3 is 2.34 bits per heavy atom. The van der Waals surface area contributed by atoms with Gasteiger partial charge in [-0.1, -0.05) is 39.3 Å². The zero-order valence-corrected chi connectivity index (χ0v) is 18.7. The van der Waals surface area contributed by atoms with Crippen LogP contribution in [0.5, 0.6) is 0 Å². The lowest BCUT2D eigenvalue weighted by atomic mass is 10.0. The molecule has 0 aliphatic heterocycles. The number of rotatable bonds is 10. The maximum Gasteiger partial charge on any atom is 0.326 e. The number of aryl methyl sites for hydroxylation is 2. The molecule has 0 bridgehead atoms. The maximum atomic E-state index is 12.4. The fraction of sp³-hybridized carbons (Fsp3) is 0.500. The predicted octanol–water partition coefficient (Wildman–Crippen LogP) is 4.41. The third-order valence-electron chi connectivity index (χ3n) is 4.88. The van der Waals surface area contributed by atoms with Crippen molar-refractivity contribution in [1.82, 2.24) is 10.3 Å². The van der Waals surface area contributed by atoms with Gasteiger partial charge >= 0.3 is 5.97 Å². The Hall–Kier alpha value is -2.41. The average molecular weight is 418 g/mol. The summed E-state index contributed by atoms with van der Waals surface area (Å²) in [6, 6.07) is 6.45. The van der Waals surface area contributed by atoms with Crippen molar-refractivity contribution in [3.63, 3.8) is 0 Å². The molecule has 0 saturated heterocycles. The van der Waals surface area contributed by atoms with E-state index < -0.39 is 12.0 Å². The normalized spacial score (nSPS) is 12.1. The summed E-state index contributed by atoms with van der Waals surface area (Å²) in [4.78, 5) is 31.9. The molecule has 1 atom stereocenters. The van der Waals surface area contributed by atoms with Gasteiger partial charge < -0.3 is 15.3 Å². The molecule has 2 aromatic rings. The summed E-state index contributed by atoms with van der Waals surface area (Å²) in [5, 5.41) is 12.9. The van der Waals surface area contributed by atoms with Crippen molar-refractivity contribution in [2.75, 3.05) is 11.4 Å². The highest BCUT2D eigenvalue weighted by Gasteiger charge is 2.24. The van der Waals surface area contributed by atoms with Crippen LogP contribution in [0.15, 0.2) is 24.3 Å². The van der Waals surface area contributed by atoms with Crippen LogP contribution in [0.3, 0.4) is 0 Å². The van der Waals surface area contributed by atoms with Gasteiger partial charge in [0.25, 0.3) is 5.91 Å². The Bertz CT molecular complexity index is 811. The average Bonchev–Trinajstić information content (AvgIpc) is 3.01. The molecule has 2 rings (SSSR count).